The van der Waals surface area contributed by atoms with E-state index in [1.54, 1.807) is 0 Å². The third-order valence-electron chi connectivity index (χ3n) is 5.48. The number of aliphatic carboxylic acids is 2. The Morgan fingerprint density at radius 3 is 1.11 bits per heavy atom. The number of rotatable bonds is 19. The van der Waals surface area contributed by atoms with E-state index in [0.29, 0.717) is 12.8 Å². The molecule has 0 radical (unpaired) electrons. The first-order chi connectivity index (χ1) is 12.5. The van der Waals surface area contributed by atoms with Gasteiger partial charge in [-0.1, -0.05) is 110 Å². The van der Waals surface area contributed by atoms with Crippen LogP contribution in [0.3, 0.4) is 0 Å². The molecule has 0 amide bonds. The minimum absolute atomic E-state index is 0. The van der Waals surface area contributed by atoms with Crippen LogP contribution in [0.25, 0.3) is 0 Å². The SMILES string of the molecule is CCCCCCCCCCCCC(CCCCCCC)(C(=O)O)C(=O)O.[H-].[H-].[Mg+2]. The first kappa shape index (κ1) is 28.9. The summed E-state index contributed by atoms with van der Waals surface area (Å²) in [6.45, 7) is 4.35. The van der Waals surface area contributed by atoms with Crippen molar-refractivity contribution in [1.29, 1.82) is 0 Å². The topological polar surface area (TPSA) is 74.6 Å². The number of carboxylic acid groups (broad SMARTS) is 2. The third kappa shape index (κ3) is 13.5. The molecule has 0 bridgehead atoms. The van der Waals surface area contributed by atoms with Gasteiger partial charge in [-0.15, -0.1) is 0 Å². The molecule has 0 heterocycles. The maximum Gasteiger partial charge on any atom is 2.00 e. The van der Waals surface area contributed by atoms with Crippen LogP contribution < -0.4 is 0 Å². The van der Waals surface area contributed by atoms with Crippen molar-refractivity contribution in [3.63, 3.8) is 0 Å². The number of carbonyl (C=O) groups is 2. The molecule has 0 spiro atoms. The standard InChI is InChI=1S/C22H42O4.Mg.2H/c1-3-5-7-9-10-11-12-13-15-17-19-22(20(23)24,21(25)26)18-16-14-8-6-4-2;;;/h3-19H2,1-2H3,(H,23,24)(H,25,26);;;/q;+2;2*-1. The zero-order chi connectivity index (χ0) is 19.7. The Morgan fingerprint density at radius 1 is 0.593 bits per heavy atom. The van der Waals surface area contributed by atoms with Gasteiger partial charge in [0, 0.05) is 0 Å². The summed E-state index contributed by atoms with van der Waals surface area (Å²) in [5.74, 6) is -2.31. The van der Waals surface area contributed by atoms with Gasteiger partial charge in [0.05, 0.1) is 0 Å². The van der Waals surface area contributed by atoms with Crippen LogP contribution in [0.5, 0.6) is 0 Å². The van der Waals surface area contributed by atoms with Crippen molar-refractivity contribution in [2.24, 2.45) is 5.41 Å². The summed E-state index contributed by atoms with van der Waals surface area (Å²) < 4.78 is 0. The zero-order valence-electron chi connectivity index (χ0n) is 19.9. The van der Waals surface area contributed by atoms with Gasteiger partial charge in [0.2, 0.25) is 0 Å². The summed E-state index contributed by atoms with van der Waals surface area (Å²) in [5.41, 5.74) is -1.58. The van der Waals surface area contributed by atoms with E-state index in [9.17, 15) is 19.8 Å². The summed E-state index contributed by atoms with van der Waals surface area (Å²) in [6, 6.07) is 0. The number of unbranched alkanes of at least 4 members (excludes halogenated alkanes) is 13. The molecule has 0 saturated heterocycles. The Kier molecular flexibility index (Phi) is 20.4. The first-order valence-corrected chi connectivity index (χ1v) is 11.0. The molecule has 0 fully saturated rings. The van der Waals surface area contributed by atoms with E-state index in [-0.39, 0.29) is 38.7 Å². The molecule has 0 rings (SSSR count). The molecule has 158 valence electrons. The molecule has 27 heavy (non-hydrogen) atoms. The number of hydrogen-bond donors (Lipinski definition) is 2. The fourth-order valence-corrected chi connectivity index (χ4v) is 3.59. The second-order valence-corrected chi connectivity index (χ2v) is 7.79. The summed E-state index contributed by atoms with van der Waals surface area (Å²) in [6.07, 6.45) is 17.1. The van der Waals surface area contributed by atoms with Crippen molar-refractivity contribution < 1.29 is 22.7 Å². The van der Waals surface area contributed by atoms with Crippen LogP contribution in [-0.2, 0) is 9.59 Å². The Labute approximate surface area is 186 Å². The molecule has 0 aliphatic carbocycles. The zero-order valence-corrected chi connectivity index (χ0v) is 19.4. The Balaban J connectivity index is -0.00000104. The molecular weight excluding hydrogens is 353 g/mol. The van der Waals surface area contributed by atoms with E-state index in [2.05, 4.69) is 13.8 Å². The molecule has 0 aromatic rings. The molecule has 0 aromatic carbocycles. The van der Waals surface area contributed by atoms with Gasteiger partial charge in [-0.2, -0.15) is 0 Å². The minimum Gasteiger partial charge on any atom is -1.00 e. The number of hydrogen-bond acceptors (Lipinski definition) is 2. The predicted molar refractivity (Wildman–Crippen MR) is 116 cm³/mol. The Hall–Kier alpha value is -0.294. The first-order valence-electron chi connectivity index (χ1n) is 11.0. The molecule has 0 saturated carbocycles. The van der Waals surface area contributed by atoms with Crippen molar-refractivity contribution >= 4 is 35.0 Å². The summed E-state index contributed by atoms with van der Waals surface area (Å²) in [4.78, 5) is 23.4. The Bertz CT molecular complexity index is 368. The van der Waals surface area contributed by atoms with Crippen molar-refractivity contribution in [3.8, 4) is 0 Å². The Morgan fingerprint density at radius 2 is 0.852 bits per heavy atom. The minimum atomic E-state index is -1.58. The maximum absolute atomic E-state index is 11.7. The summed E-state index contributed by atoms with van der Waals surface area (Å²) >= 11 is 0. The fourth-order valence-electron chi connectivity index (χ4n) is 3.59. The van der Waals surface area contributed by atoms with E-state index in [1.807, 2.05) is 0 Å². The van der Waals surface area contributed by atoms with E-state index in [0.717, 1.165) is 38.5 Å². The van der Waals surface area contributed by atoms with Gasteiger partial charge in [-0.25, -0.2) is 0 Å². The van der Waals surface area contributed by atoms with Gasteiger partial charge in [-0.05, 0) is 12.8 Å². The van der Waals surface area contributed by atoms with Crippen LogP contribution in [0.15, 0.2) is 0 Å². The molecule has 0 unspecified atom stereocenters. The molecule has 4 nitrogen and oxygen atoms in total. The van der Waals surface area contributed by atoms with Crippen molar-refractivity contribution in [2.75, 3.05) is 0 Å². The van der Waals surface area contributed by atoms with E-state index in [1.165, 1.54) is 44.9 Å². The van der Waals surface area contributed by atoms with Crippen molar-refractivity contribution in [3.05, 3.63) is 0 Å². The van der Waals surface area contributed by atoms with Gasteiger partial charge in [-0.3, -0.25) is 9.59 Å². The molecular formula is C22H44MgO4. The van der Waals surface area contributed by atoms with Gasteiger partial charge in [0.25, 0.3) is 0 Å². The van der Waals surface area contributed by atoms with Crippen LogP contribution in [0.4, 0.5) is 0 Å². The van der Waals surface area contributed by atoms with Crippen LogP contribution in [0.1, 0.15) is 126 Å². The monoisotopic (exact) mass is 396 g/mol. The largest absolute Gasteiger partial charge is 2.00 e. The van der Waals surface area contributed by atoms with Crippen LogP contribution in [0.2, 0.25) is 0 Å². The molecule has 0 aliphatic heterocycles. The van der Waals surface area contributed by atoms with Crippen molar-refractivity contribution in [1.82, 2.24) is 0 Å². The van der Waals surface area contributed by atoms with Crippen LogP contribution in [0, 0.1) is 5.41 Å². The molecule has 5 heteroatoms. The summed E-state index contributed by atoms with van der Waals surface area (Å²) in [7, 11) is 0. The average Bonchev–Trinajstić information content (AvgIpc) is 2.60. The smallest absolute Gasteiger partial charge is 1.00 e. The second kappa shape index (κ2) is 19.0. The third-order valence-corrected chi connectivity index (χ3v) is 5.48. The van der Waals surface area contributed by atoms with Crippen molar-refractivity contribution in [2.45, 2.75) is 123 Å². The molecule has 2 N–H and O–H groups in total. The number of carboxylic acids is 2. The summed E-state index contributed by atoms with van der Waals surface area (Å²) in [5, 5.41) is 19.1. The van der Waals surface area contributed by atoms with Gasteiger partial charge < -0.3 is 13.1 Å². The van der Waals surface area contributed by atoms with E-state index >= 15 is 0 Å². The van der Waals surface area contributed by atoms with E-state index < -0.39 is 17.4 Å². The second-order valence-electron chi connectivity index (χ2n) is 7.79. The fraction of sp³-hybridized carbons (Fsp3) is 0.909. The van der Waals surface area contributed by atoms with Gasteiger partial charge in [0.15, 0.2) is 5.41 Å². The predicted octanol–water partition coefficient (Wildman–Crippen LogP) is 6.66. The van der Waals surface area contributed by atoms with Crippen LogP contribution in [-0.4, -0.2) is 45.2 Å². The molecule has 0 aromatic heterocycles. The molecule has 0 atom stereocenters. The normalized spacial score (nSPS) is 11.2. The quantitative estimate of drug-likeness (QED) is 0.145. The molecule has 0 aliphatic rings. The van der Waals surface area contributed by atoms with Crippen LogP contribution >= 0.6 is 0 Å². The van der Waals surface area contributed by atoms with Gasteiger partial charge >= 0.3 is 35.0 Å². The van der Waals surface area contributed by atoms with E-state index in [4.69, 9.17) is 0 Å². The van der Waals surface area contributed by atoms with Gasteiger partial charge in [0.1, 0.15) is 0 Å². The maximum atomic E-state index is 11.7. The average molecular weight is 397 g/mol.